The van der Waals surface area contributed by atoms with Crippen LogP contribution in [0.2, 0.25) is 0 Å². The zero-order valence-electron chi connectivity index (χ0n) is 21.4. The summed E-state index contributed by atoms with van der Waals surface area (Å²) < 4.78 is 17.6. The number of allylic oxidation sites excluding steroid dienone is 1. The molecule has 1 fully saturated rings. The minimum atomic E-state index is -1.47. The predicted molar refractivity (Wildman–Crippen MR) is 125 cm³/mol. The molecule has 6 nitrogen and oxygen atoms in total. The smallest absolute Gasteiger partial charge is 0.162 e. The van der Waals surface area contributed by atoms with Crippen LogP contribution in [-0.2, 0) is 19.0 Å². The van der Waals surface area contributed by atoms with E-state index in [1.807, 2.05) is 48.5 Å². The van der Waals surface area contributed by atoms with Crippen molar-refractivity contribution in [2.24, 2.45) is 22.7 Å². The molecule has 1 saturated carbocycles. The Hall–Kier alpha value is -1.05. The summed E-state index contributed by atoms with van der Waals surface area (Å²) in [5.41, 5.74) is -2.06. The highest BCUT2D eigenvalue weighted by Gasteiger charge is 2.65. The topological polar surface area (TPSA) is 85.2 Å². The summed E-state index contributed by atoms with van der Waals surface area (Å²) in [5.74, 6) is -1.40. The van der Waals surface area contributed by atoms with Crippen molar-refractivity contribution in [1.29, 1.82) is 0 Å². The monoisotopic (exact) mass is 452 g/mol. The Morgan fingerprint density at radius 2 is 1.88 bits per heavy atom. The van der Waals surface area contributed by atoms with Crippen LogP contribution in [0.3, 0.4) is 0 Å². The molecule has 0 aliphatic heterocycles. The lowest BCUT2D eigenvalue weighted by molar-refractivity contribution is -0.234. The molecule has 6 heteroatoms. The van der Waals surface area contributed by atoms with Crippen LogP contribution in [0, 0.1) is 22.7 Å². The van der Waals surface area contributed by atoms with Crippen LogP contribution in [0.1, 0.15) is 68.2 Å². The maximum atomic E-state index is 13.3. The molecule has 0 aromatic heterocycles. The second kappa shape index (κ2) is 9.30. The first-order valence-corrected chi connectivity index (χ1v) is 11.6. The Balaban J connectivity index is 2.76. The van der Waals surface area contributed by atoms with Gasteiger partial charge in [0, 0.05) is 23.9 Å². The lowest BCUT2D eigenvalue weighted by Gasteiger charge is -2.60. The molecule has 0 heterocycles. The van der Waals surface area contributed by atoms with Gasteiger partial charge in [0.05, 0.1) is 30.3 Å². The third-order valence-electron chi connectivity index (χ3n) is 7.69. The number of hydrogen-bond acceptors (Lipinski definition) is 6. The number of ketones is 1. The molecule has 2 N–H and O–H groups in total. The molecule has 0 saturated heterocycles. The van der Waals surface area contributed by atoms with Gasteiger partial charge in [-0.1, -0.05) is 39.8 Å². The molecule has 0 spiro atoms. The molecule has 0 aromatic rings. The first-order chi connectivity index (χ1) is 14.6. The minimum absolute atomic E-state index is 0.00705. The number of carbonyl (C=O) groups excluding carboxylic acids is 1. The number of rotatable bonds is 7. The van der Waals surface area contributed by atoms with Crippen molar-refractivity contribution in [3.63, 3.8) is 0 Å². The molecular weight excluding hydrogens is 408 g/mol. The largest absolute Gasteiger partial charge is 0.392 e. The lowest BCUT2D eigenvalue weighted by Crippen LogP contribution is -2.68. The summed E-state index contributed by atoms with van der Waals surface area (Å²) in [6.45, 7) is 20.1. The fourth-order valence-corrected chi connectivity index (χ4v) is 5.90. The molecule has 2 rings (SSSR count). The molecule has 0 aromatic carbocycles. The first-order valence-electron chi connectivity index (χ1n) is 11.6. The van der Waals surface area contributed by atoms with Gasteiger partial charge < -0.3 is 24.4 Å². The molecule has 2 aliphatic rings. The molecule has 184 valence electrons. The maximum absolute atomic E-state index is 13.3. The van der Waals surface area contributed by atoms with Gasteiger partial charge in [0.25, 0.3) is 0 Å². The first kappa shape index (κ1) is 27.2. The van der Waals surface area contributed by atoms with Gasteiger partial charge in [0.15, 0.2) is 5.78 Å². The van der Waals surface area contributed by atoms with Crippen LogP contribution in [0.15, 0.2) is 23.8 Å². The van der Waals surface area contributed by atoms with E-state index >= 15 is 0 Å². The maximum Gasteiger partial charge on any atom is 0.162 e. The van der Waals surface area contributed by atoms with E-state index in [4.69, 9.17) is 14.2 Å². The third kappa shape index (κ3) is 4.62. The third-order valence-corrected chi connectivity index (χ3v) is 7.69. The summed E-state index contributed by atoms with van der Waals surface area (Å²) in [7, 11) is 1.54. The van der Waals surface area contributed by atoms with Gasteiger partial charge in [-0.05, 0) is 52.2 Å². The van der Waals surface area contributed by atoms with Gasteiger partial charge >= 0.3 is 0 Å². The second-order valence-electron chi connectivity index (χ2n) is 11.5. The van der Waals surface area contributed by atoms with Crippen molar-refractivity contribution >= 4 is 5.78 Å². The van der Waals surface area contributed by atoms with Crippen molar-refractivity contribution in [1.82, 2.24) is 0 Å². The Labute approximate surface area is 194 Å². The number of ether oxygens (including phenoxy) is 3. The highest BCUT2D eigenvalue weighted by atomic mass is 16.7. The predicted octanol–water partition coefficient (Wildman–Crippen LogP) is 4.05. The fourth-order valence-electron chi connectivity index (χ4n) is 5.90. The molecule has 0 radical (unpaired) electrons. The van der Waals surface area contributed by atoms with E-state index in [9.17, 15) is 15.0 Å². The summed E-state index contributed by atoms with van der Waals surface area (Å²) in [6.07, 6.45) is 0.855. The Kier molecular flexibility index (Phi) is 7.90. The van der Waals surface area contributed by atoms with Crippen molar-refractivity contribution in [2.45, 2.75) is 91.6 Å². The van der Waals surface area contributed by atoms with Crippen LogP contribution in [-0.4, -0.2) is 59.9 Å². The van der Waals surface area contributed by atoms with E-state index in [1.54, 1.807) is 14.0 Å². The number of aliphatic hydroxyl groups excluding tert-OH is 1. The van der Waals surface area contributed by atoms with E-state index in [1.165, 1.54) is 6.08 Å². The molecule has 2 bridgehead atoms. The highest BCUT2D eigenvalue weighted by Crippen LogP contribution is 2.58. The molecule has 0 amide bonds. The van der Waals surface area contributed by atoms with Crippen LogP contribution in [0.4, 0.5) is 0 Å². The number of hydrogen-bond donors (Lipinski definition) is 2. The normalized spacial score (nSPS) is 37.5. The number of aliphatic hydroxyl groups is 2. The Morgan fingerprint density at radius 1 is 1.28 bits per heavy atom. The van der Waals surface area contributed by atoms with Crippen molar-refractivity contribution in [2.75, 3.05) is 20.5 Å². The van der Waals surface area contributed by atoms with Gasteiger partial charge in [-0.15, -0.1) is 0 Å². The van der Waals surface area contributed by atoms with E-state index in [2.05, 4.69) is 6.58 Å². The Bertz CT molecular complexity index is 748. The summed E-state index contributed by atoms with van der Waals surface area (Å²) in [6, 6.07) is 0. The van der Waals surface area contributed by atoms with Crippen LogP contribution < -0.4 is 0 Å². The molecule has 32 heavy (non-hydrogen) atoms. The average Bonchev–Trinajstić information content (AvgIpc) is 2.66. The van der Waals surface area contributed by atoms with Crippen LogP contribution in [0.5, 0.6) is 0 Å². The molecule has 0 unspecified atom stereocenters. The number of fused-ring (bicyclic) bond motifs is 2. The lowest BCUT2D eigenvalue weighted by atomic mass is 9.49. The molecule has 2 aliphatic carbocycles. The minimum Gasteiger partial charge on any atom is -0.392 e. The quantitative estimate of drug-likeness (QED) is 0.448. The standard InChI is InChI=1S/C26H44O6/c1-11-16(2)20-22(28)21-18(27)12-17(3)26(29,24(21,7)8)19(31-15-30-10)13-25(20,9)14-32-23(4,5)6/h12,19-22,28-29H,2,11,13-15H2,1,3-10H3/t19-,20-,21+,22-,25-,26-/m1/s1. The zero-order chi connectivity index (χ0) is 24.7. The summed E-state index contributed by atoms with van der Waals surface area (Å²) >= 11 is 0. The molecular formula is C26H44O6. The van der Waals surface area contributed by atoms with Gasteiger partial charge in [0.2, 0.25) is 0 Å². The highest BCUT2D eigenvalue weighted by molar-refractivity contribution is 5.95. The second-order valence-corrected chi connectivity index (χ2v) is 11.5. The summed E-state index contributed by atoms with van der Waals surface area (Å²) in [4.78, 5) is 13.3. The average molecular weight is 453 g/mol. The number of carbonyl (C=O) groups is 1. The van der Waals surface area contributed by atoms with Crippen LogP contribution in [0.25, 0.3) is 0 Å². The van der Waals surface area contributed by atoms with Crippen molar-refractivity contribution < 1.29 is 29.2 Å². The van der Waals surface area contributed by atoms with Crippen molar-refractivity contribution in [3.05, 3.63) is 23.8 Å². The number of methoxy groups -OCH3 is 1. The SMILES string of the molecule is C=C(CC)[C@@H]1[C@@H](O)[C@@H]2C(=O)C=C(C)[C@@](O)([C@H](OCOC)C[C@]1(C)COC(C)(C)C)C2(C)C. The van der Waals surface area contributed by atoms with E-state index in [0.717, 1.165) is 5.57 Å². The van der Waals surface area contributed by atoms with Gasteiger partial charge in [-0.25, -0.2) is 0 Å². The molecule has 6 atom stereocenters. The fraction of sp³-hybridized carbons (Fsp3) is 0.808. The van der Waals surface area contributed by atoms with Gasteiger partial charge in [0.1, 0.15) is 12.4 Å². The zero-order valence-corrected chi connectivity index (χ0v) is 21.4. The van der Waals surface area contributed by atoms with Gasteiger partial charge in [-0.3, -0.25) is 4.79 Å². The van der Waals surface area contributed by atoms with Crippen molar-refractivity contribution in [3.8, 4) is 0 Å². The van der Waals surface area contributed by atoms with E-state index in [-0.39, 0.29) is 12.6 Å². The van der Waals surface area contributed by atoms with E-state index < -0.39 is 46.1 Å². The van der Waals surface area contributed by atoms with Gasteiger partial charge in [-0.2, -0.15) is 0 Å². The summed E-state index contributed by atoms with van der Waals surface area (Å²) in [5, 5.41) is 24.0. The van der Waals surface area contributed by atoms with E-state index in [0.29, 0.717) is 25.0 Å². The van der Waals surface area contributed by atoms with Crippen LogP contribution >= 0.6 is 0 Å². The Morgan fingerprint density at radius 3 is 2.38 bits per heavy atom.